The third-order valence-electron chi connectivity index (χ3n) is 5.68. The summed E-state index contributed by atoms with van der Waals surface area (Å²) >= 11 is 0. The third kappa shape index (κ3) is 5.40. The zero-order chi connectivity index (χ0) is 26.7. The summed E-state index contributed by atoms with van der Waals surface area (Å²) in [6.07, 6.45) is 0.654. The Kier molecular flexibility index (Phi) is 7.16. The Bertz CT molecular complexity index is 1470. The van der Waals surface area contributed by atoms with E-state index in [1.807, 2.05) is 26.0 Å². The number of quaternary nitrogens is 1. The van der Waals surface area contributed by atoms with E-state index in [0.29, 0.717) is 40.4 Å². The van der Waals surface area contributed by atoms with Gasteiger partial charge in [-0.3, -0.25) is 10.7 Å². The lowest BCUT2D eigenvalue weighted by Gasteiger charge is -2.14. The summed E-state index contributed by atoms with van der Waals surface area (Å²) in [5, 5.41) is 13.8. The second-order valence-corrected chi connectivity index (χ2v) is 8.05. The molecule has 0 amide bonds. The maximum absolute atomic E-state index is 12.7. The van der Waals surface area contributed by atoms with Crippen LogP contribution in [-0.4, -0.2) is 55.8 Å². The van der Waals surface area contributed by atoms with E-state index < -0.39 is 11.9 Å². The van der Waals surface area contributed by atoms with Crippen LogP contribution in [0.2, 0.25) is 0 Å². The lowest BCUT2D eigenvalue weighted by molar-refractivity contribution is -0.549. The molecular formula is C24H24F3N8O2+. The molecule has 1 aromatic carbocycles. The Balaban J connectivity index is 1.61. The van der Waals surface area contributed by atoms with Gasteiger partial charge in [-0.25, -0.2) is 24.6 Å². The Morgan fingerprint density at radius 1 is 1.11 bits per heavy atom. The number of nitrogens with one attached hydrogen (secondary N) is 1. The number of nitrogens with two attached hydrogens (primary N) is 1. The summed E-state index contributed by atoms with van der Waals surface area (Å²) in [5.74, 6) is 0.693. The van der Waals surface area contributed by atoms with Gasteiger partial charge >= 0.3 is 6.18 Å². The van der Waals surface area contributed by atoms with Crippen LogP contribution in [0.4, 0.5) is 18.9 Å². The highest BCUT2D eigenvalue weighted by molar-refractivity contribution is 5.96. The van der Waals surface area contributed by atoms with Crippen LogP contribution in [0.25, 0.3) is 22.4 Å². The number of aryl methyl sites for hydroxylation is 1. The maximum Gasteiger partial charge on any atom is 0.433 e. The van der Waals surface area contributed by atoms with Crippen molar-refractivity contribution in [3.63, 3.8) is 0 Å². The molecule has 0 radical (unpaired) electrons. The van der Waals surface area contributed by atoms with E-state index in [9.17, 15) is 13.2 Å². The Labute approximate surface area is 209 Å². The fraction of sp³-hybridized carbons (Fsp3) is 0.250. The number of methoxy groups -OCH3 is 2. The summed E-state index contributed by atoms with van der Waals surface area (Å²) in [6.45, 7) is 3.78. The van der Waals surface area contributed by atoms with Crippen molar-refractivity contribution < 1.29 is 28.0 Å². The van der Waals surface area contributed by atoms with Gasteiger partial charge in [-0.05, 0) is 31.5 Å². The highest BCUT2D eigenvalue weighted by Crippen LogP contribution is 2.29. The van der Waals surface area contributed by atoms with Crippen LogP contribution in [0, 0.1) is 12.3 Å². The van der Waals surface area contributed by atoms with E-state index in [4.69, 9.17) is 19.9 Å². The number of halogens is 3. The fourth-order valence-corrected chi connectivity index (χ4v) is 3.66. The molecule has 0 fully saturated rings. The van der Waals surface area contributed by atoms with E-state index in [1.54, 1.807) is 29.2 Å². The molecule has 192 valence electrons. The molecule has 4 aromatic rings. The molecule has 0 bridgehead atoms. The molecule has 0 aliphatic heterocycles. The highest BCUT2D eigenvalue weighted by Gasteiger charge is 2.34. The van der Waals surface area contributed by atoms with E-state index in [2.05, 4.69) is 20.1 Å². The normalized spacial score (nSPS) is 13.0. The predicted octanol–water partition coefficient (Wildman–Crippen LogP) is 3.47. The number of alkyl halides is 3. The predicted molar refractivity (Wildman–Crippen MR) is 128 cm³/mol. The molecule has 0 aliphatic carbocycles. The van der Waals surface area contributed by atoms with Crippen LogP contribution < -0.4 is 10.1 Å². The quantitative estimate of drug-likeness (QED) is 0.210. The van der Waals surface area contributed by atoms with Crippen LogP contribution in [0.3, 0.4) is 0 Å². The van der Waals surface area contributed by atoms with Crippen LogP contribution in [-0.2, 0) is 4.74 Å². The molecule has 0 saturated carbocycles. The van der Waals surface area contributed by atoms with E-state index >= 15 is 0 Å². The van der Waals surface area contributed by atoms with Crippen molar-refractivity contribution in [1.29, 1.82) is 5.41 Å². The Hall–Kier alpha value is -4.39. The number of aromatic nitrogens is 6. The molecule has 3 N–H and O–H groups in total. The zero-order valence-electron chi connectivity index (χ0n) is 20.4. The first-order chi connectivity index (χ1) is 17.6. The second kappa shape index (κ2) is 10.3. The first-order valence-corrected chi connectivity index (χ1v) is 11.0. The van der Waals surface area contributed by atoms with Gasteiger partial charge in [0.25, 0.3) is 5.88 Å². The number of ether oxygens (including phenoxy) is 2. The van der Waals surface area contributed by atoms with Crippen LogP contribution in [0.1, 0.15) is 24.2 Å². The third-order valence-corrected chi connectivity index (χ3v) is 5.68. The zero-order valence-corrected chi connectivity index (χ0v) is 20.4. The van der Waals surface area contributed by atoms with Crippen molar-refractivity contribution in [3.8, 4) is 17.3 Å². The minimum absolute atomic E-state index is 0.0824. The van der Waals surface area contributed by atoms with Gasteiger partial charge in [0.1, 0.15) is 23.3 Å². The second-order valence-electron chi connectivity index (χ2n) is 8.05. The number of fused-ring (bicyclic) bond motifs is 1. The molecule has 0 aliphatic rings. The molecule has 4 rings (SSSR count). The molecule has 10 nitrogen and oxygen atoms in total. The first kappa shape index (κ1) is 25.7. The molecule has 3 heterocycles. The summed E-state index contributed by atoms with van der Waals surface area (Å²) in [4.78, 5) is 17.5. The summed E-state index contributed by atoms with van der Waals surface area (Å²) in [6, 6.07) is 6.95. The SMILES string of the molecule is CO/C(=C/C(=N)C(F)(F)F)[NH2+]c1ccc(C(C)n2ncc3cnc(-c4c(C)ncnc4OC)nc32)cc1. The van der Waals surface area contributed by atoms with E-state index in [-0.39, 0.29) is 11.9 Å². The smallest absolute Gasteiger partial charge is 0.433 e. The number of benzene rings is 1. The number of nitrogens with zero attached hydrogens (tertiary/aromatic N) is 6. The van der Waals surface area contributed by atoms with Crippen LogP contribution in [0.5, 0.6) is 5.88 Å². The van der Waals surface area contributed by atoms with Crippen LogP contribution >= 0.6 is 0 Å². The summed E-state index contributed by atoms with van der Waals surface area (Å²) < 4.78 is 50.2. The standard InChI is InChI=1S/C24H23F3N8O2/c1-13-20(23(37-4)31-12-30-13)21-29-10-16-11-32-35(22(16)34-21)14(2)15-5-7-17(8-6-15)33-19(36-3)9-18(28)24(25,26)27/h5-12,14,28,33H,1-4H3/p+1/b19-9+,28-18?. The maximum atomic E-state index is 12.7. The minimum atomic E-state index is -4.75. The molecule has 1 atom stereocenters. The van der Waals surface area contributed by atoms with Gasteiger partial charge in [0.05, 0.1) is 43.6 Å². The summed E-state index contributed by atoms with van der Waals surface area (Å²) in [7, 11) is 2.77. The van der Waals surface area contributed by atoms with Gasteiger partial charge in [-0.15, -0.1) is 0 Å². The number of allylic oxidation sites excluding steroid dienone is 1. The average Bonchev–Trinajstić information content (AvgIpc) is 3.30. The van der Waals surface area contributed by atoms with Crippen molar-refractivity contribution in [2.24, 2.45) is 0 Å². The average molecular weight is 514 g/mol. The number of hydrogen-bond donors (Lipinski definition) is 2. The Morgan fingerprint density at radius 2 is 1.84 bits per heavy atom. The molecule has 37 heavy (non-hydrogen) atoms. The Morgan fingerprint density at radius 3 is 2.49 bits per heavy atom. The van der Waals surface area contributed by atoms with Crippen molar-refractivity contribution in [1.82, 2.24) is 29.7 Å². The van der Waals surface area contributed by atoms with E-state index in [0.717, 1.165) is 10.9 Å². The summed E-state index contributed by atoms with van der Waals surface area (Å²) in [5.41, 5.74) is 1.88. The topological polar surface area (TPSA) is 128 Å². The lowest BCUT2D eigenvalue weighted by atomic mass is 10.1. The first-order valence-electron chi connectivity index (χ1n) is 11.0. The fourth-order valence-electron chi connectivity index (χ4n) is 3.66. The molecule has 0 saturated heterocycles. The van der Waals surface area contributed by atoms with Gasteiger partial charge in [0, 0.05) is 6.20 Å². The lowest BCUT2D eigenvalue weighted by Crippen LogP contribution is -2.76. The van der Waals surface area contributed by atoms with Crippen LogP contribution in [0.15, 0.2) is 54.9 Å². The van der Waals surface area contributed by atoms with Gasteiger partial charge in [-0.1, -0.05) is 12.1 Å². The van der Waals surface area contributed by atoms with Gasteiger partial charge in [-0.2, -0.15) is 18.3 Å². The van der Waals surface area contributed by atoms with Crippen molar-refractivity contribution >= 4 is 22.4 Å². The van der Waals surface area contributed by atoms with E-state index in [1.165, 1.54) is 25.9 Å². The minimum Gasteiger partial charge on any atom is -0.480 e. The van der Waals surface area contributed by atoms with Gasteiger partial charge < -0.3 is 9.47 Å². The van der Waals surface area contributed by atoms with Crippen molar-refractivity contribution in [2.45, 2.75) is 26.1 Å². The molecule has 3 aromatic heterocycles. The molecular weight excluding hydrogens is 489 g/mol. The van der Waals surface area contributed by atoms with Crippen molar-refractivity contribution in [2.75, 3.05) is 14.2 Å². The highest BCUT2D eigenvalue weighted by atomic mass is 19.4. The number of hydrogen-bond acceptors (Lipinski definition) is 8. The molecule has 13 heteroatoms. The molecule has 0 spiro atoms. The number of rotatable bonds is 8. The largest absolute Gasteiger partial charge is 0.480 e. The van der Waals surface area contributed by atoms with Gasteiger partial charge in [0.2, 0.25) is 5.88 Å². The van der Waals surface area contributed by atoms with Crippen molar-refractivity contribution in [3.05, 3.63) is 66.2 Å². The molecule has 1 unspecified atom stereocenters. The monoisotopic (exact) mass is 513 g/mol. The van der Waals surface area contributed by atoms with Gasteiger partial charge in [0.15, 0.2) is 11.5 Å².